The van der Waals surface area contributed by atoms with E-state index in [9.17, 15) is 10.1 Å². The molecular weight excluding hydrogens is 477 g/mol. The molecule has 2 N–H and O–H groups in total. The summed E-state index contributed by atoms with van der Waals surface area (Å²) in [6, 6.07) is 17.1. The summed E-state index contributed by atoms with van der Waals surface area (Å²) in [5, 5.41) is 19.2. The van der Waals surface area contributed by atoms with Crippen LogP contribution >= 0.6 is 23.2 Å². The van der Waals surface area contributed by atoms with Crippen molar-refractivity contribution in [1.82, 2.24) is 9.97 Å². The highest BCUT2D eigenvalue weighted by Crippen LogP contribution is 2.36. The number of carbonyl (C=O) groups is 1. The van der Waals surface area contributed by atoms with Crippen LogP contribution in [0, 0.1) is 11.3 Å². The second-order valence-corrected chi connectivity index (χ2v) is 8.06. The van der Waals surface area contributed by atoms with Crippen LogP contribution in [0.3, 0.4) is 0 Å². The van der Waals surface area contributed by atoms with Gasteiger partial charge in [-0.15, -0.1) is 0 Å². The Morgan fingerprint density at radius 3 is 2.47 bits per heavy atom. The number of methoxy groups -OCH3 is 1. The van der Waals surface area contributed by atoms with Crippen LogP contribution in [0.1, 0.15) is 27.3 Å². The first-order valence-electron chi connectivity index (χ1n) is 9.98. The Balaban J connectivity index is 1.56. The smallest absolute Gasteiger partial charge is 0.335 e. The number of carboxylic acid groups (broad SMARTS) is 1. The summed E-state index contributed by atoms with van der Waals surface area (Å²) in [5.74, 6) is 0.374. The number of halogens is 2. The van der Waals surface area contributed by atoms with Crippen LogP contribution in [0.2, 0.25) is 10.0 Å². The standard InChI is InChI=1S/C25H17Cl2N3O4/c1-33-18-6-7-21-22(11-18)30-24(29-21)17(12-28)8-15-9-19(26)23(20(27)10-15)34-13-14-2-4-16(5-3-14)25(31)32/h2-11H,13H2,1H3,(H,29,30)(H,31,32)/b17-8-. The number of imidazole rings is 1. The Morgan fingerprint density at radius 1 is 1.15 bits per heavy atom. The molecule has 34 heavy (non-hydrogen) atoms. The molecule has 0 spiro atoms. The third-order valence-corrected chi connectivity index (χ3v) is 5.54. The van der Waals surface area contributed by atoms with E-state index >= 15 is 0 Å². The monoisotopic (exact) mass is 493 g/mol. The Kier molecular flexibility index (Phi) is 6.73. The lowest BCUT2D eigenvalue weighted by molar-refractivity contribution is 0.0697. The number of aromatic amines is 1. The largest absolute Gasteiger partial charge is 0.497 e. The fraction of sp³-hybridized carbons (Fsp3) is 0.0800. The number of rotatable bonds is 7. The number of allylic oxidation sites excluding steroid dienone is 1. The molecule has 0 amide bonds. The second kappa shape index (κ2) is 9.87. The quantitative estimate of drug-likeness (QED) is 0.296. The number of nitriles is 1. The lowest BCUT2D eigenvalue weighted by Crippen LogP contribution is -1.99. The molecule has 0 saturated heterocycles. The minimum absolute atomic E-state index is 0.153. The number of carboxylic acids is 1. The Hall–Kier alpha value is -3.99. The third kappa shape index (κ3) is 4.99. The molecule has 1 heterocycles. The summed E-state index contributed by atoms with van der Waals surface area (Å²) in [5.41, 5.74) is 3.29. The number of aromatic carboxylic acids is 1. The maximum atomic E-state index is 11.0. The number of aromatic nitrogens is 2. The number of nitrogens with one attached hydrogen (secondary N) is 1. The number of fused-ring (bicyclic) bond motifs is 1. The van der Waals surface area contributed by atoms with E-state index in [0.717, 1.165) is 11.1 Å². The highest BCUT2D eigenvalue weighted by molar-refractivity contribution is 6.37. The van der Waals surface area contributed by atoms with Gasteiger partial charge in [0.15, 0.2) is 5.75 Å². The molecule has 0 radical (unpaired) electrons. The van der Waals surface area contributed by atoms with Crippen LogP contribution in [0.5, 0.6) is 11.5 Å². The molecule has 170 valence electrons. The van der Waals surface area contributed by atoms with E-state index in [2.05, 4.69) is 16.0 Å². The van der Waals surface area contributed by atoms with Crippen LogP contribution in [-0.2, 0) is 6.61 Å². The first kappa shape index (κ1) is 23.2. The maximum absolute atomic E-state index is 11.0. The Bertz CT molecular complexity index is 1430. The van der Waals surface area contributed by atoms with Crippen molar-refractivity contribution in [3.63, 3.8) is 0 Å². The third-order valence-electron chi connectivity index (χ3n) is 4.98. The summed E-state index contributed by atoms with van der Waals surface area (Å²) < 4.78 is 11.0. The zero-order chi connectivity index (χ0) is 24.2. The average Bonchev–Trinajstić information content (AvgIpc) is 3.25. The molecule has 0 fully saturated rings. The summed E-state index contributed by atoms with van der Waals surface area (Å²) in [7, 11) is 1.58. The summed E-state index contributed by atoms with van der Waals surface area (Å²) in [6.45, 7) is 0.153. The predicted octanol–water partition coefficient (Wildman–Crippen LogP) is 6.22. The molecule has 0 bridgehead atoms. The molecule has 3 aromatic carbocycles. The predicted molar refractivity (Wildman–Crippen MR) is 130 cm³/mol. The molecule has 0 saturated carbocycles. The van der Waals surface area contributed by atoms with Gasteiger partial charge in [-0.25, -0.2) is 9.78 Å². The van der Waals surface area contributed by atoms with Gasteiger partial charge in [-0.1, -0.05) is 35.3 Å². The number of nitrogens with zero attached hydrogens (tertiary/aromatic N) is 2. The van der Waals surface area contributed by atoms with Crippen molar-refractivity contribution in [2.75, 3.05) is 7.11 Å². The molecule has 4 aromatic rings. The molecule has 0 aliphatic carbocycles. The number of ether oxygens (including phenoxy) is 2. The molecule has 0 unspecified atom stereocenters. The fourth-order valence-corrected chi connectivity index (χ4v) is 3.88. The van der Waals surface area contributed by atoms with Crippen molar-refractivity contribution >= 4 is 51.9 Å². The highest BCUT2D eigenvalue weighted by Gasteiger charge is 2.13. The van der Waals surface area contributed by atoms with E-state index in [4.69, 9.17) is 37.8 Å². The number of hydrogen-bond acceptors (Lipinski definition) is 5. The fourth-order valence-electron chi connectivity index (χ4n) is 3.26. The van der Waals surface area contributed by atoms with E-state index in [1.807, 2.05) is 0 Å². The molecular formula is C25H17Cl2N3O4. The Morgan fingerprint density at radius 2 is 1.85 bits per heavy atom. The molecule has 0 atom stereocenters. The van der Waals surface area contributed by atoms with Crippen molar-refractivity contribution in [3.8, 4) is 17.6 Å². The molecule has 0 aliphatic heterocycles. The van der Waals surface area contributed by atoms with Crippen LogP contribution in [0.15, 0.2) is 54.6 Å². The van der Waals surface area contributed by atoms with Crippen LogP contribution < -0.4 is 9.47 Å². The average molecular weight is 494 g/mol. The Labute approximate surface area is 204 Å². The van der Waals surface area contributed by atoms with E-state index in [1.165, 1.54) is 12.1 Å². The molecule has 4 rings (SSSR count). The second-order valence-electron chi connectivity index (χ2n) is 7.24. The summed E-state index contributed by atoms with van der Waals surface area (Å²) in [4.78, 5) is 18.6. The van der Waals surface area contributed by atoms with Gasteiger partial charge in [-0.3, -0.25) is 0 Å². The van der Waals surface area contributed by atoms with Crippen LogP contribution in [0.25, 0.3) is 22.7 Å². The van der Waals surface area contributed by atoms with Crippen molar-refractivity contribution in [2.45, 2.75) is 6.61 Å². The lowest BCUT2D eigenvalue weighted by atomic mass is 10.1. The van der Waals surface area contributed by atoms with Gasteiger partial charge in [-0.05, 0) is 53.6 Å². The number of hydrogen-bond donors (Lipinski definition) is 2. The number of benzene rings is 3. The summed E-state index contributed by atoms with van der Waals surface area (Å²) in [6.07, 6.45) is 1.63. The van der Waals surface area contributed by atoms with E-state index in [-0.39, 0.29) is 28.0 Å². The first-order valence-corrected chi connectivity index (χ1v) is 10.7. The van der Waals surface area contributed by atoms with Gasteiger partial charge >= 0.3 is 5.97 Å². The van der Waals surface area contributed by atoms with Crippen LogP contribution in [0.4, 0.5) is 0 Å². The molecule has 7 nitrogen and oxygen atoms in total. The van der Waals surface area contributed by atoms with Crippen molar-refractivity contribution < 1.29 is 19.4 Å². The first-order chi connectivity index (χ1) is 16.4. The lowest BCUT2D eigenvalue weighted by Gasteiger charge is -2.11. The molecule has 0 aliphatic rings. The zero-order valence-electron chi connectivity index (χ0n) is 17.8. The summed E-state index contributed by atoms with van der Waals surface area (Å²) >= 11 is 12.8. The van der Waals surface area contributed by atoms with E-state index in [1.54, 1.807) is 55.7 Å². The number of H-pyrrole nitrogens is 1. The van der Waals surface area contributed by atoms with Gasteiger partial charge in [0.1, 0.15) is 24.3 Å². The van der Waals surface area contributed by atoms with E-state index in [0.29, 0.717) is 28.2 Å². The SMILES string of the molecule is COc1ccc2nc(/C(C#N)=C\c3cc(Cl)c(OCc4ccc(C(=O)O)cc4)c(Cl)c3)[nH]c2c1. The topological polar surface area (TPSA) is 108 Å². The van der Waals surface area contributed by atoms with Gasteiger partial charge < -0.3 is 19.6 Å². The molecule has 9 heteroatoms. The van der Waals surface area contributed by atoms with E-state index < -0.39 is 5.97 Å². The van der Waals surface area contributed by atoms with Crippen LogP contribution in [-0.4, -0.2) is 28.2 Å². The normalized spacial score (nSPS) is 11.3. The minimum Gasteiger partial charge on any atom is -0.497 e. The van der Waals surface area contributed by atoms with Gasteiger partial charge in [0.05, 0.1) is 39.3 Å². The van der Waals surface area contributed by atoms with Gasteiger partial charge in [0, 0.05) is 6.07 Å². The van der Waals surface area contributed by atoms with Crippen molar-refractivity contribution in [2.24, 2.45) is 0 Å². The van der Waals surface area contributed by atoms with Gasteiger partial charge in [-0.2, -0.15) is 5.26 Å². The molecule has 1 aromatic heterocycles. The highest BCUT2D eigenvalue weighted by atomic mass is 35.5. The maximum Gasteiger partial charge on any atom is 0.335 e. The van der Waals surface area contributed by atoms with Gasteiger partial charge in [0.2, 0.25) is 0 Å². The van der Waals surface area contributed by atoms with Crippen molar-refractivity contribution in [1.29, 1.82) is 5.26 Å². The van der Waals surface area contributed by atoms with Gasteiger partial charge in [0.25, 0.3) is 0 Å². The zero-order valence-corrected chi connectivity index (χ0v) is 19.3. The minimum atomic E-state index is -0.999. The van der Waals surface area contributed by atoms with Crippen molar-refractivity contribution in [3.05, 3.63) is 87.2 Å².